The van der Waals surface area contributed by atoms with E-state index in [0.717, 1.165) is 11.1 Å². The predicted octanol–water partition coefficient (Wildman–Crippen LogP) is 3.26. The van der Waals surface area contributed by atoms with Crippen molar-refractivity contribution in [1.29, 1.82) is 0 Å². The molecule has 1 unspecified atom stereocenters. The number of nitrogens with zero attached hydrogens (tertiary/aromatic N) is 1. The second-order valence-electron chi connectivity index (χ2n) is 7.04. The number of anilines is 1. The molecule has 9 heteroatoms. The molecule has 0 fully saturated rings. The first-order valence-corrected chi connectivity index (χ1v) is 11.5. The molecule has 0 aliphatic rings. The van der Waals surface area contributed by atoms with Gasteiger partial charge < -0.3 is 15.8 Å². The number of nitrogens with two attached hydrogens (primary N) is 1. The maximum absolute atomic E-state index is 12.7. The molecule has 5 N–H and O–H groups in total. The third-order valence-electron chi connectivity index (χ3n) is 4.82. The lowest BCUT2D eigenvalue weighted by Crippen LogP contribution is -2.18. The Kier molecular flexibility index (Phi) is 7.58. The van der Waals surface area contributed by atoms with Crippen LogP contribution in [0, 0.1) is 0 Å². The summed E-state index contributed by atoms with van der Waals surface area (Å²) in [5, 5.41) is 12.3. The van der Waals surface area contributed by atoms with Gasteiger partial charge in [0.15, 0.2) is 9.84 Å². The number of carboxylic acid groups (broad SMARTS) is 1. The van der Waals surface area contributed by atoms with Gasteiger partial charge in [0.25, 0.3) is 0 Å². The Balaban J connectivity index is 1.76. The van der Waals surface area contributed by atoms with Crippen LogP contribution in [0.4, 0.5) is 11.4 Å². The Bertz CT molecular complexity index is 1180. The number of aliphatic carboxylic acids is 1. The number of carboxylic acids is 1. The van der Waals surface area contributed by atoms with E-state index in [4.69, 9.17) is 5.84 Å². The molecule has 0 aliphatic heterocycles. The van der Waals surface area contributed by atoms with Gasteiger partial charge in [0, 0.05) is 11.6 Å². The number of nitrogens with one attached hydrogen (secondary N) is 2. The van der Waals surface area contributed by atoms with Gasteiger partial charge in [-0.3, -0.25) is 4.79 Å². The van der Waals surface area contributed by atoms with E-state index in [1.807, 2.05) is 36.4 Å². The summed E-state index contributed by atoms with van der Waals surface area (Å²) in [7, 11) is -3.60. The van der Waals surface area contributed by atoms with Crippen molar-refractivity contribution in [1.82, 2.24) is 5.43 Å². The van der Waals surface area contributed by atoms with Crippen molar-refractivity contribution < 1.29 is 18.3 Å². The molecule has 0 spiro atoms. The minimum absolute atomic E-state index is 0.0692. The highest BCUT2D eigenvalue weighted by atomic mass is 32.2. The van der Waals surface area contributed by atoms with Crippen LogP contribution in [0.15, 0.2) is 88.8 Å². The molecule has 1 atom stereocenters. The summed E-state index contributed by atoms with van der Waals surface area (Å²) in [6.45, 7) is 0. The fraction of sp³-hybridized carbons (Fsp3) is 0.130. The van der Waals surface area contributed by atoms with Crippen molar-refractivity contribution in [3.05, 3.63) is 90.0 Å². The van der Waals surface area contributed by atoms with Crippen molar-refractivity contribution in [2.75, 3.05) is 11.2 Å². The highest BCUT2D eigenvalue weighted by molar-refractivity contribution is 7.91. The van der Waals surface area contributed by atoms with Gasteiger partial charge >= 0.3 is 5.97 Å². The molecule has 8 nitrogen and oxygen atoms in total. The second kappa shape index (κ2) is 10.6. The molecular formula is C23H24N4O4S. The molecule has 0 saturated carbocycles. The van der Waals surface area contributed by atoms with Gasteiger partial charge in [-0.25, -0.2) is 19.3 Å². The fourth-order valence-corrected chi connectivity index (χ4v) is 4.34. The number of carbonyl (C=O) groups is 1. The van der Waals surface area contributed by atoms with Crippen LogP contribution in [0.2, 0.25) is 0 Å². The van der Waals surface area contributed by atoms with Crippen LogP contribution in [-0.2, 0) is 14.6 Å². The Hall–Kier alpha value is -3.69. The molecule has 0 amide bonds. The molecule has 0 heterocycles. The van der Waals surface area contributed by atoms with Crippen molar-refractivity contribution in [3.63, 3.8) is 0 Å². The molecule has 0 saturated heterocycles. The molecule has 0 aromatic heterocycles. The van der Waals surface area contributed by atoms with E-state index in [0.29, 0.717) is 11.4 Å². The van der Waals surface area contributed by atoms with Crippen LogP contribution < -0.4 is 16.6 Å². The summed E-state index contributed by atoms with van der Waals surface area (Å²) < 4.78 is 25.4. The maximum atomic E-state index is 12.7. The summed E-state index contributed by atoms with van der Waals surface area (Å²) in [6.07, 6.45) is 1.23. The molecule has 3 aromatic carbocycles. The third kappa shape index (κ3) is 6.16. The van der Waals surface area contributed by atoms with Crippen molar-refractivity contribution in [2.24, 2.45) is 10.8 Å². The van der Waals surface area contributed by atoms with Gasteiger partial charge in [-0.15, -0.1) is 0 Å². The number of hydrogen-bond acceptors (Lipinski definition) is 6. The Morgan fingerprint density at radius 2 is 1.69 bits per heavy atom. The minimum atomic E-state index is -3.60. The van der Waals surface area contributed by atoms with Crippen LogP contribution >= 0.6 is 0 Å². The summed E-state index contributed by atoms with van der Waals surface area (Å²) in [5.41, 5.74) is 5.10. The van der Waals surface area contributed by atoms with Crippen LogP contribution in [0.1, 0.15) is 23.5 Å². The van der Waals surface area contributed by atoms with Gasteiger partial charge in [0.1, 0.15) is 12.2 Å². The standard InChI is InChI=1S/C23H24N4O4S/c24-27-15-25-19-9-11-21(12-10-19)32(30,31)16-26-20-8-4-7-18(13-20)22(14-23(28)29)17-5-2-1-3-6-17/h1-13,15,22,26H,14,16,24H2,(H,25,27)(H,28,29). The number of sulfone groups is 1. The third-order valence-corrected chi connectivity index (χ3v) is 6.33. The molecule has 3 aromatic rings. The van der Waals surface area contributed by atoms with Crippen LogP contribution in [0.5, 0.6) is 0 Å². The predicted molar refractivity (Wildman–Crippen MR) is 125 cm³/mol. The Labute approximate surface area is 186 Å². The fourth-order valence-electron chi connectivity index (χ4n) is 3.27. The average Bonchev–Trinajstić information content (AvgIpc) is 2.81. The van der Waals surface area contributed by atoms with E-state index in [-0.39, 0.29) is 23.1 Å². The normalized spacial score (nSPS) is 12.4. The Morgan fingerprint density at radius 1 is 1.00 bits per heavy atom. The zero-order chi connectivity index (χ0) is 23.0. The van der Waals surface area contributed by atoms with Crippen LogP contribution in [-0.4, -0.2) is 31.7 Å². The van der Waals surface area contributed by atoms with E-state index < -0.39 is 15.8 Å². The highest BCUT2D eigenvalue weighted by Gasteiger charge is 2.19. The van der Waals surface area contributed by atoms with Crippen LogP contribution in [0.25, 0.3) is 0 Å². The second-order valence-corrected chi connectivity index (χ2v) is 9.03. The smallest absolute Gasteiger partial charge is 0.304 e. The molecular weight excluding hydrogens is 428 g/mol. The molecule has 3 rings (SSSR count). The van der Waals surface area contributed by atoms with E-state index in [9.17, 15) is 18.3 Å². The van der Waals surface area contributed by atoms with Crippen molar-refractivity contribution >= 4 is 33.5 Å². The summed E-state index contributed by atoms with van der Waals surface area (Å²) in [6, 6.07) is 22.6. The highest BCUT2D eigenvalue weighted by Crippen LogP contribution is 2.30. The first-order valence-electron chi connectivity index (χ1n) is 9.81. The zero-order valence-corrected chi connectivity index (χ0v) is 18.0. The lowest BCUT2D eigenvalue weighted by molar-refractivity contribution is -0.137. The minimum Gasteiger partial charge on any atom is -0.481 e. The van der Waals surface area contributed by atoms with E-state index >= 15 is 0 Å². The molecule has 0 bridgehead atoms. The number of aliphatic imine (C=N–C) groups is 1. The molecule has 32 heavy (non-hydrogen) atoms. The van der Waals surface area contributed by atoms with Gasteiger partial charge in [0.2, 0.25) is 0 Å². The lowest BCUT2D eigenvalue weighted by atomic mass is 9.88. The van der Waals surface area contributed by atoms with Crippen molar-refractivity contribution in [3.8, 4) is 0 Å². The van der Waals surface area contributed by atoms with Gasteiger partial charge in [-0.05, 0) is 47.5 Å². The number of hydrogen-bond donors (Lipinski definition) is 4. The van der Waals surface area contributed by atoms with Gasteiger partial charge in [0.05, 0.1) is 17.0 Å². The number of rotatable bonds is 10. The maximum Gasteiger partial charge on any atom is 0.304 e. The molecule has 166 valence electrons. The Morgan fingerprint density at radius 3 is 2.34 bits per heavy atom. The number of hydrazine groups is 1. The quantitative estimate of drug-likeness (QED) is 0.161. The summed E-state index contributed by atoms with van der Waals surface area (Å²) >= 11 is 0. The molecule has 0 radical (unpaired) electrons. The van der Waals surface area contributed by atoms with E-state index in [1.54, 1.807) is 30.3 Å². The van der Waals surface area contributed by atoms with Crippen molar-refractivity contribution in [2.45, 2.75) is 17.2 Å². The number of benzene rings is 3. The zero-order valence-electron chi connectivity index (χ0n) is 17.2. The van der Waals surface area contributed by atoms with Gasteiger partial charge in [-0.1, -0.05) is 42.5 Å². The monoisotopic (exact) mass is 452 g/mol. The summed E-state index contributed by atoms with van der Waals surface area (Å²) in [5.74, 6) is 3.56. The van der Waals surface area contributed by atoms with E-state index in [1.165, 1.54) is 18.5 Å². The first kappa shape index (κ1) is 23.0. The van der Waals surface area contributed by atoms with E-state index in [2.05, 4.69) is 15.7 Å². The van der Waals surface area contributed by atoms with Gasteiger partial charge in [-0.2, -0.15) is 0 Å². The SMILES string of the molecule is NNC=Nc1ccc(S(=O)(=O)CNc2cccc(C(CC(=O)O)c3ccccc3)c2)cc1. The first-order chi connectivity index (χ1) is 15.4. The lowest BCUT2D eigenvalue weighted by Gasteiger charge is -2.17. The van der Waals surface area contributed by atoms with Crippen LogP contribution in [0.3, 0.4) is 0 Å². The molecule has 0 aliphatic carbocycles. The summed E-state index contributed by atoms with van der Waals surface area (Å²) in [4.78, 5) is 15.6. The largest absolute Gasteiger partial charge is 0.481 e. The topological polar surface area (TPSA) is 134 Å². The average molecular weight is 453 g/mol.